The van der Waals surface area contributed by atoms with Crippen LogP contribution in [-0.2, 0) is 16.8 Å². The Bertz CT molecular complexity index is 1420. The van der Waals surface area contributed by atoms with Gasteiger partial charge in [0.1, 0.15) is 6.54 Å². The van der Waals surface area contributed by atoms with Gasteiger partial charge in [-0.3, -0.25) is 14.2 Å². The lowest BCUT2D eigenvalue weighted by molar-refractivity contribution is -0.116. The molecule has 4 nitrogen and oxygen atoms in total. The van der Waals surface area contributed by atoms with Crippen LogP contribution in [0.2, 0.25) is 10.0 Å². The number of rotatable bonds is 4. The van der Waals surface area contributed by atoms with Crippen molar-refractivity contribution in [3.05, 3.63) is 78.2 Å². The SMILES string of the molecule is CC(C)(C)c1ccc(C2c3sc(=O)n(CC(=O)Nc4ccc(Cl)c(Cl)c4)c3SC3C4CCC(C4)C23)cc1. The summed E-state index contributed by atoms with van der Waals surface area (Å²) < 4.78 is 1.69. The second-order valence-corrected chi connectivity index (χ2v) is 14.6. The third-order valence-corrected chi connectivity index (χ3v) is 11.9. The number of nitrogens with one attached hydrogen (secondary N) is 1. The second kappa shape index (κ2) is 9.48. The molecular formula is C29H30Cl2N2O2S2. The summed E-state index contributed by atoms with van der Waals surface area (Å²) in [5, 5.41) is 5.16. The average Bonchev–Trinajstić information content (AvgIpc) is 3.54. The Kier molecular flexibility index (Phi) is 6.54. The van der Waals surface area contributed by atoms with Crippen LogP contribution >= 0.6 is 46.3 Å². The van der Waals surface area contributed by atoms with E-state index in [0.717, 1.165) is 9.90 Å². The number of amides is 1. The molecule has 6 rings (SSSR count). The summed E-state index contributed by atoms with van der Waals surface area (Å²) in [5.74, 6) is 1.92. The van der Waals surface area contributed by atoms with Crippen molar-refractivity contribution < 1.29 is 4.79 Å². The molecule has 1 aromatic heterocycles. The fourth-order valence-electron chi connectivity index (χ4n) is 6.57. The third kappa shape index (κ3) is 4.58. The van der Waals surface area contributed by atoms with Crippen LogP contribution in [0.1, 0.15) is 62.0 Å². The summed E-state index contributed by atoms with van der Waals surface area (Å²) >= 11 is 15.3. The molecule has 1 amide bonds. The van der Waals surface area contributed by atoms with Gasteiger partial charge in [0, 0.05) is 21.7 Å². The normalized spacial score (nSPS) is 26.1. The number of nitrogens with zero attached hydrogens (tertiary/aromatic N) is 1. The summed E-state index contributed by atoms with van der Waals surface area (Å²) in [7, 11) is 0. The molecule has 2 aromatic carbocycles. The first-order valence-electron chi connectivity index (χ1n) is 12.9. The van der Waals surface area contributed by atoms with Crippen LogP contribution in [0.25, 0.3) is 0 Å². The van der Waals surface area contributed by atoms with E-state index < -0.39 is 0 Å². The van der Waals surface area contributed by atoms with Crippen LogP contribution in [-0.4, -0.2) is 15.7 Å². The zero-order valence-electron chi connectivity index (χ0n) is 21.1. The number of anilines is 1. The smallest absolute Gasteiger partial charge is 0.308 e. The Labute approximate surface area is 235 Å². The summed E-state index contributed by atoms with van der Waals surface area (Å²) in [5.41, 5.74) is 3.27. The van der Waals surface area contributed by atoms with Crippen molar-refractivity contribution in [1.29, 1.82) is 0 Å². The van der Waals surface area contributed by atoms with Crippen molar-refractivity contribution >= 4 is 57.9 Å². The molecule has 37 heavy (non-hydrogen) atoms. The molecule has 3 aromatic rings. The number of aromatic nitrogens is 1. The molecule has 5 unspecified atom stereocenters. The van der Waals surface area contributed by atoms with Crippen molar-refractivity contribution in [2.75, 3.05) is 5.32 Å². The largest absolute Gasteiger partial charge is 0.324 e. The number of carbonyl (C=O) groups is 1. The van der Waals surface area contributed by atoms with E-state index in [1.54, 1.807) is 22.8 Å². The van der Waals surface area contributed by atoms with Crippen LogP contribution in [0.5, 0.6) is 0 Å². The number of halogens is 2. The van der Waals surface area contributed by atoms with E-state index in [-0.39, 0.29) is 28.7 Å². The minimum Gasteiger partial charge on any atom is -0.324 e. The molecule has 0 saturated heterocycles. The topological polar surface area (TPSA) is 51.1 Å². The summed E-state index contributed by atoms with van der Waals surface area (Å²) in [4.78, 5) is 27.4. The van der Waals surface area contributed by atoms with Gasteiger partial charge < -0.3 is 5.32 Å². The highest BCUT2D eigenvalue weighted by Crippen LogP contribution is 2.64. The predicted octanol–water partition coefficient (Wildman–Crippen LogP) is 7.81. The number of fused-ring (bicyclic) bond motifs is 6. The Morgan fingerprint density at radius 1 is 1.05 bits per heavy atom. The van der Waals surface area contributed by atoms with Gasteiger partial charge in [-0.2, -0.15) is 0 Å². The molecule has 2 fully saturated rings. The minimum atomic E-state index is -0.247. The van der Waals surface area contributed by atoms with Gasteiger partial charge >= 0.3 is 4.87 Å². The van der Waals surface area contributed by atoms with Crippen LogP contribution in [0.15, 0.2) is 52.3 Å². The third-order valence-electron chi connectivity index (χ3n) is 8.33. The van der Waals surface area contributed by atoms with Gasteiger partial charge in [0.25, 0.3) is 0 Å². The number of hydrogen-bond donors (Lipinski definition) is 1. The molecule has 2 bridgehead atoms. The molecule has 194 valence electrons. The lowest BCUT2D eigenvalue weighted by Crippen LogP contribution is -2.35. The minimum absolute atomic E-state index is 0.0148. The van der Waals surface area contributed by atoms with E-state index in [1.165, 1.54) is 41.7 Å². The number of thioether (sulfide) groups is 1. The first kappa shape index (κ1) is 25.5. The lowest BCUT2D eigenvalue weighted by atomic mass is 9.74. The van der Waals surface area contributed by atoms with E-state index in [1.807, 2.05) is 11.8 Å². The van der Waals surface area contributed by atoms with E-state index >= 15 is 0 Å². The molecule has 8 heteroatoms. The van der Waals surface area contributed by atoms with Crippen LogP contribution in [0.3, 0.4) is 0 Å². The molecule has 0 spiro atoms. The number of thiazole rings is 1. The van der Waals surface area contributed by atoms with Crippen LogP contribution in [0, 0.1) is 17.8 Å². The summed E-state index contributed by atoms with van der Waals surface area (Å²) in [6.45, 7) is 6.69. The zero-order chi connectivity index (χ0) is 26.1. The number of hydrogen-bond acceptors (Lipinski definition) is 4. The quantitative estimate of drug-likeness (QED) is 0.347. The highest BCUT2D eigenvalue weighted by Gasteiger charge is 2.55. The Hall–Kier alpha value is -1.73. The molecule has 2 heterocycles. The number of carbonyl (C=O) groups excluding carboxylic acids is 1. The highest BCUT2D eigenvalue weighted by atomic mass is 35.5. The van der Waals surface area contributed by atoms with Crippen molar-refractivity contribution in [1.82, 2.24) is 4.57 Å². The standard InChI is InChI=1S/C29H30Cl2N2O2S2/c1-29(2,3)18-8-6-15(7-9-18)23-24-16-4-5-17(12-16)25(24)36-27-26(23)37-28(35)33(27)14-22(34)32-19-10-11-20(30)21(31)13-19/h6-11,13,16-17,23-25H,4-5,12,14H2,1-3H3,(H,32,34). The molecule has 2 saturated carbocycles. The summed E-state index contributed by atoms with van der Waals surface area (Å²) in [6.07, 6.45) is 3.85. The molecule has 1 aliphatic heterocycles. The Morgan fingerprint density at radius 3 is 2.49 bits per heavy atom. The van der Waals surface area contributed by atoms with Gasteiger partial charge in [-0.1, -0.05) is 79.6 Å². The number of benzene rings is 2. The highest BCUT2D eigenvalue weighted by molar-refractivity contribution is 8.00. The van der Waals surface area contributed by atoms with E-state index in [4.69, 9.17) is 23.2 Å². The van der Waals surface area contributed by atoms with Gasteiger partial charge in [0.15, 0.2) is 0 Å². The van der Waals surface area contributed by atoms with Gasteiger partial charge in [0.2, 0.25) is 5.91 Å². The van der Waals surface area contributed by atoms with Crippen LogP contribution < -0.4 is 10.2 Å². The van der Waals surface area contributed by atoms with Gasteiger partial charge in [-0.05, 0) is 71.8 Å². The zero-order valence-corrected chi connectivity index (χ0v) is 24.2. The molecule has 1 N–H and O–H groups in total. The average molecular weight is 574 g/mol. The predicted molar refractivity (Wildman–Crippen MR) is 155 cm³/mol. The fraction of sp³-hybridized carbons (Fsp3) is 0.448. The molecule has 0 radical (unpaired) electrons. The van der Waals surface area contributed by atoms with E-state index in [0.29, 0.717) is 38.7 Å². The van der Waals surface area contributed by atoms with Crippen molar-refractivity contribution in [2.45, 2.75) is 68.2 Å². The van der Waals surface area contributed by atoms with Gasteiger partial charge in [0.05, 0.1) is 15.1 Å². The van der Waals surface area contributed by atoms with E-state index in [9.17, 15) is 9.59 Å². The summed E-state index contributed by atoms with van der Waals surface area (Å²) in [6, 6.07) is 14.0. The molecule has 2 aliphatic carbocycles. The maximum absolute atomic E-state index is 13.3. The van der Waals surface area contributed by atoms with Crippen molar-refractivity contribution in [3.8, 4) is 0 Å². The van der Waals surface area contributed by atoms with Gasteiger partial charge in [-0.15, -0.1) is 11.8 Å². The molecule has 3 aliphatic rings. The Morgan fingerprint density at radius 2 is 1.78 bits per heavy atom. The molecular weight excluding hydrogens is 543 g/mol. The first-order chi connectivity index (χ1) is 17.6. The van der Waals surface area contributed by atoms with Crippen molar-refractivity contribution in [3.63, 3.8) is 0 Å². The fourth-order valence-corrected chi connectivity index (χ4v) is 10.0. The second-order valence-electron chi connectivity index (χ2n) is 11.6. The lowest BCUT2D eigenvalue weighted by Gasteiger charge is -2.40. The monoisotopic (exact) mass is 572 g/mol. The van der Waals surface area contributed by atoms with Crippen molar-refractivity contribution in [2.24, 2.45) is 17.8 Å². The first-order valence-corrected chi connectivity index (χ1v) is 15.3. The van der Waals surface area contributed by atoms with Crippen LogP contribution in [0.4, 0.5) is 5.69 Å². The van der Waals surface area contributed by atoms with Gasteiger partial charge in [-0.25, -0.2) is 0 Å². The molecule has 5 atom stereocenters. The maximum atomic E-state index is 13.3. The van der Waals surface area contributed by atoms with E-state index in [2.05, 4.69) is 50.4 Å². The maximum Gasteiger partial charge on any atom is 0.308 e. The Balaban J connectivity index is 1.35.